The molecule has 4 heteroatoms. The molecule has 1 unspecified atom stereocenters. The lowest BCUT2D eigenvalue weighted by atomic mass is 10.1. The number of aryl methyl sites for hydroxylation is 1. The number of para-hydroxylation sites is 1. The number of rotatable bonds is 4. The summed E-state index contributed by atoms with van der Waals surface area (Å²) in [6, 6.07) is 5.27. The fourth-order valence-electron chi connectivity index (χ4n) is 2.46. The summed E-state index contributed by atoms with van der Waals surface area (Å²) in [4.78, 5) is 0. The van der Waals surface area contributed by atoms with Gasteiger partial charge < -0.3 is 5.32 Å². The summed E-state index contributed by atoms with van der Waals surface area (Å²) >= 11 is 0. The Bertz CT molecular complexity index is 616. The van der Waals surface area contributed by atoms with Gasteiger partial charge in [-0.3, -0.25) is 0 Å². The Balaban J connectivity index is 2.63. The van der Waals surface area contributed by atoms with Crippen LogP contribution in [0.5, 0.6) is 0 Å². The van der Waals surface area contributed by atoms with E-state index in [-0.39, 0.29) is 11.9 Å². The van der Waals surface area contributed by atoms with Crippen LogP contribution >= 0.6 is 0 Å². The van der Waals surface area contributed by atoms with E-state index in [9.17, 15) is 4.39 Å². The van der Waals surface area contributed by atoms with Crippen molar-refractivity contribution in [3.8, 4) is 5.69 Å². The molecule has 0 spiro atoms. The van der Waals surface area contributed by atoms with Crippen LogP contribution in [0.2, 0.25) is 0 Å². The van der Waals surface area contributed by atoms with E-state index in [1.165, 1.54) is 6.07 Å². The molecule has 0 aliphatic carbocycles. The summed E-state index contributed by atoms with van der Waals surface area (Å²) < 4.78 is 16.1. The maximum Gasteiger partial charge on any atom is 0.149 e. The molecule has 0 bridgehead atoms. The maximum absolute atomic E-state index is 14.4. The van der Waals surface area contributed by atoms with Crippen LogP contribution in [0.25, 0.3) is 5.69 Å². The monoisotopic (exact) mass is 275 g/mol. The Morgan fingerprint density at radius 2 is 2.00 bits per heavy atom. The standard InChI is InChI=1S/C16H22FN3/c1-6-18-12(4)14-8-7-9-15(17)16(14)20-13(5)10(2)11(3)19-20/h7-9,12,18H,6H2,1-5H3. The van der Waals surface area contributed by atoms with Crippen LogP contribution in [0.3, 0.4) is 0 Å². The zero-order valence-corrected chi connectivity index (χ0v) is 12.8. The minimum atomic E-state index is -0.238. The molecule has 0 amide bonds. The summed E-state index contributed by atoms with van der Waals surface area (Å²) in [5.41, 5.74) is 4.51. The molecule has 1 atom stereocenters. The highest BCUT2D eigenvalue weighted by atomic mass is 19.1. The SMILES string of the molecule is CCNC(C)c1cccc(F)c1-n1nc(C)c(C)c1C. The van der Waals surface area contributed by atoms with Gasteiger partial charge in [0.1, 0.15) is 11.5 Å². The van der Waals surface area contributed by atoms with E-state index in [1.54, 1.807) is 10.7 Å². The van der Waals surface area contributed by atoms with Crippen molar-refractivity contribution in [1.29, 1.82) is 0 Å². The van der Waals surface area contributed by atoms with Gasteiger partial charge in [-0.2, -0.15) is 5.10 Å². The highest BCUT2D eigenvalue weighted by Gasteiger charge is 2.19. The van der Waals surface area contributed by atoms with Crippen molar-refractivity contribution in [2.75, 3.05) is 6.54 Å². The predicted octanol–water partition coefficient (Wildman–Crippen LogP) is 3.61. The number of benzene rings is 1. The van der Waals surface area contributed by atoms with Crippen LogP contribution in [0.1, 0.15) is 42.4 Å². The van der Waals surface area contributed by atoms with Gasteiger partial charge in [0.25, 0.3) is 0 Å². The average Bonchev–Trinajstić information content (AvgIpc) is 2.66. The van der Waals surface area contributed by atoms with Gasteiger partial charge in [-0.1, -0.05) is 19.1 Å². The summed E-state index contributed by atoms with van der Waals surface area (Å²) in [5, 5.41) is 7.83. The quantitative estimate of drug-likeness (QED) is 0.924. The molecule has 0 saturated carbocycles. The first-order valence-electron chi connectivity index (χ1n) is 7.02. The summed E-state index contributed by atoms with van der Waals surface area (Å²) in [5.74, 6) is -0.238. The normalized spacial score (nSPS) is 12.7. The second-order valence-corrected chi connectivity index (χ2v) is 5.16. The minimum absolute atomic E-state index is 0.0786. The molecule has 1 heterocycles. The van der Waals surface area contributed by atoms with Crippen molar-refractivity contribution in [2.24, 2.45) is 0 Å². The lowest BCUT2D eigenvalue weighted by Gasteiger charge is -2.18. The van der Waals surface area contributed by atoms with Crippen LogP contribution in [-0.4, -0.2) is 16.3 Å². The van der Waals surface area contributed by atoms with E-state index < -0.39 is 0 Å². The first kappa shape index (κ1) is 14.7. The molecule has 20 heavy (non-hydrogen) atoms. The van der Waals surface area contributed by atoms with Crippen molar-refractivity contribution in [3.63, 3.8) is 0 Å². The second-order valence-electron chi connectivity index (χ2n) is 5.16. The molecule has 0 fully saturated rings. The number of aromatic nitrogens is 2. The van der Waals surface area contributed by atoms with E-state index >= 15 is 0 Å². The topological polar surface area (TPSA) is 29.9 Å². The molecule has 1 aromatic carbocycles. The number of halogens is 1. The Labute approximate surface area is 119 Å². The summed E-state index contributed by atoms with van der Waals surface area (Å²) in [7, 11) is 0. The Morgan fingerprint density at radius 1 is 1.30 bits per heavy atom. The first-order chi connectivity index (χ1) is 9.47. The molecule has 3 nitrogen and oxygen atoms in total. The van der Waals surface area contributed by atoms with Gasteiger partial charge in [0.2, 0.25) is 0 Å². The minimum Gasteiger partial charge on any atom is -0.310 e. The predicted molar refractivity (Wildman–Crippen MR) is 79.8 cm³/mol. The smallest absolute Gasteiger partial charge is 0.149 e. The zero-order valence-electron chi connectivity index (χ0n) is 12.8. The molecular weight excluding hydrogens is 253 g/mol. The highest BCUT2D eigenvalue weighted by Crippen LogP contribution is 2.26. The van der Waals surface area contributed by atoms with Gasteiger partial charge in [-0.25, -0.2) is 9.07 Å². The molecule has 108 valence electrons. The van der Waals surface area contributed by atoms with Gasteiger partial charge in [-0.05, 0) is 51.4 Å². The number of hydrogen-bond acceptors (Lipinski definition) is 2. The molecule has 1 N–H and O–H groups in total. The molecular formula is C16H22FN3. The molecule has 2 rings (SSSR count). The fraction of sp³-hybridized carbons (Fsp3) is 0.438. The van der Waals surface area contributed by atoms with Gasteiger partial charge in [0, 0.05) is 11.7 Å². The van der Waals surface area contributed by atoms with E-state index in [1.807, 2.05) is 40.7 Å². The molecule has 1 aromatic heterocycles. The third-order valence-electron chi connectivity index (χ3n) is 3.86. The van der Waals surface area contributed by atoms with Gasteiger partial charge in [0.15, 0.2) is 0 Å². The largest absolute Gasteiger partial charge is 0.310 e. The van der Waals surface area contributed by atoms with E-state index in [2.05, 4.69) is 10.4 Å². The summed E-state index contributed by atoms with van der Waals surface area (Å²) in [6.45, 7) is 10.9. The highest BCUT2D eigenvalue weighted by molar-refractivity contribution is 5.46. The zero-order chi connectivity index (χ0) is 14.9. The number of hydrogen-bond donors (Lipinski definition) is 1. The number of nitrogens with one attached hydrogen (secondary N) is 1. The van der Waals surface area contributed by atoms with Gasteiger partial charge >= 0.3 is 0 Å². The molecule has 0 aliphatic heterocycles. The molecule has 0 aliphatic rings. The van der Waals surface area contributed by atoms with Crippen molar-refractivity contribution in [3.05, 3.63) is 46.5 Å². The molecule has 0 radical (unpaired) electrons. The first-order valence-corrected chi connectivity index (χ1v) is 7.02. The van der Waals surface area contributed by atoms with Crippen molar-refractivity contribution in [1.82, 2.24) is 15.1 Å². The third kappa shape index (κ3) is 2.48. The Kier molecular flexibility index (Phi) is 4.23. The van der Waals surface area contributed by atoms with E-state index in [0.717, 1.165) is 29.1 Å². The van der Waals surface area contributed by atoms with Crippen molar-refractivity contribution < 1.29 is 4.39 Å². The van der Waals surface area contributed by atoms with Crippen LogP contribution in [0.4, 0.5) is 4.39 Å². The second kappa shape index (κ2) is 5.75. The van der Waals surface area contributed by atoms with Crippen LogP contribution in [0, 0.1) is 26.6 Å². The lowest BCUT2D eigenvalue weighted by Crippen LogP contribution is -2.20. The summed E-state index contributed by atoms with van der Waals surface area (Å²) in [6.07, 6.45) is 0. The van der Waals surface area contributed by atoms with E-state index in [4.69, 9.17) is 0 Å². The molecule has 0 saturated heterocycles. The molecule has 2 aromatic rings. The fourth-order valence-corrected chi connectivity index (χ4v) is 2.46. The van der Waals surface area contributed by atoms with Gasteiger partial charge in [-0.15, -0.1) is 0 Å². The van der Waals surface area contributed by atoms with Crippen molar-refractivity contribution >= 4 is 0 Å². The Morgan fingerprint density at radius 3 is 2.55 bits per heavy atom. The number of nitrogens with zero attached hydrogens (tertiary/aromatic N) is 2. The Hall–Kier alpha value is -1.68. The van der Waals surface area contributed by atoms with Crippen LogP contribution in [-0.2, 0) is 0 Å². The van der Waals surface area contributed by atoms with Crippen molar-refractivity contribution in [2.45, 2.75) is 40.7 Å². The average molecular weight is 275 g/mol. The third-order valence-corrected chi connectivity index (χ3v) is 3.86. The van der Waals surface area contributed by atoms with Gasteiger partial charge in [0.05, 0.1) is 5.69 Å². The lowest BCUT2D eigenvalue weighted by molar-refractivity contribution is 0.567. The van der Waals surface area contributed by atoms with E-state index in [0.29, 0.717) is 5.69 Å². The van der Waals surface area contributed by atoms with Crippen LogP contribution in [0.15, 0.2) is 18.2 Å². The van der Waals surface area contributed by atoms with Crippen LogP contribution < -0.4 is 5.32 Å². The maximum atomic E-state index is 14.4.